The van der Waals surface area contributed by atoms with Crippen molar-refractivity contribution in [1.82, 2.24) is 19.7 Å². The lowest BCUT2D eigenvalue weighted by atomic mass is 10.1. The molecule has 3 aromatic rings. The molecule has 0 saturated heterocycles. The number of aromatic nitrogens is 3. The van der Waals surface area contributed by atoms with Crippen LogP contribution in [0.4, 0.5) is 5.69 Å². The molecule has 1 aromatic carbocycles. The predicted octanol–water partition coefficient (Wildman–Crippen LogP) is 2.41. The molecule has 0 aliphatic rings. The van der Waals surface area contributed by atoms with Gasteiger partial charge in [-0.05, 0) is 25.0 Å². The second-order valence-corrected chi connectivity index (χ2v) is 7.94. The number of nitrogens with one attached hydrogen (secondary N) is 1. The number of aryl methyl sites for hydroxylation is 3. The maximum absolute atomic E-state index is 12.3. The number of hydrogen-bond donors (Lipinski definition) is 1. The highest BCUT2D eigenvalue weighted by atomic mass is 32.1. The zero-order valence-corrected chi connectivity index (χ0v) is 18.5. The number of rotatable bonds is 7. The fraction of sp³-hybridized carbons (Fsp3) is 0.286. The van der Waals surface area contributed by atoms with Gasteiger partial charge in [0, 0.05) is 36.9 Å². The first-order chi connectivity index (χ1) is 14.7. The number of ether oxygens (including phenoxy) is 1. The molecule has 0 aliphatic carbocycles. The Morgan fingerprint density at radius 3 is 2.58 bits per heavy atom. The molecule has 3 rings (SSSR count). The van der Waals surface area contributed by atoms with Crippen LogP contribution >= 0.6 is 11.3 Å². The Labute approximate surface area is 183 Å². The molecule has 0 aliphatic heterocycles. The fourth-order valence-electron chi connectivity index (χ4n) is 2.84. The molecule has 0 atom stereocenters. The van der Waals surface area contributed by atoms with Gasteiger partial charge in [0.15, 0.2) is 12.3 Å². The summed E-state index contributed by atoms with van der Waals surface area (Å²) in [6.07, 6.45) is 3.44. The molecule has 9 nitrogen and oxygen atoms in total. The number of carbonyl (C=O) groups excluding carboxylic acids is 3. The summed E-state index contributed by atoms with van der Waals surface area (Å²) in [6.45, 7) is 3.15. The van der Waals surface area contributed by atoms with E-state index in [1.165, 1.54) is 23.3 Å². The quantitative estimate of drug-likeness (QED) is 0.565. The number of thiazole rings is 1. The minimum absolute atomic E-state index is 0.118. The van der Waals surface area contributed by atoms with E-state index in [2.05, 4.69) is 15.4 Å². The summed E-state index contributed by atoms with van der Waals surface area (Å²) < 4.78 is 6.70. The van der Waals surface area contributed by atoms with E-state index in [0.29, 0.717) is 5.01 Å². The van der Waals surface area contributed by atoms with Gasteiger partial charge in [0.1, 0.15) is 5.01 Å². The predicted molar refractivity (Wildman–Crippen MR) is 117 cm³/mol. The molecule has 2 amide bonds. The zero-order valence-electron chi connectivity index (χ0n) is 17.7. The van der Waals surface area contributed by atoms with Crippen molar-refractivity contribution in [2.45, 2.75) is 13.8 Å². The molecular weight excluding hydrogens is 418 g/mol. The van der Waals surface area contributed by atoms with Crippen molar-refractivity contribution in [2.75, 3.05) is 25.5 Å². The number of hydrogen-bond acceptors (Lipinski definition) is 7. The molecule has 0 fully saturated rings. The molecule has 0 spiro atoms. The van der Waals surface area contributed by atoms with E-state index in [9.17, 15) is 14.4 Å². The number of nitrogens with zero attached hydrogens (tertiary/aromatic N) is 4. The van der Waals surface area contributed by atoms with Crippen LogP contribution in [0.2, 0.25) is 0 Å². The van der Waals surface area contributed by atoms with Gasteiger partial charge in [-0.15, -0.1) is 11.3 Å². The van der Waals surface area contributed by atoms with Gasteiger partial charge in [-0.2, -0.15) is 5.10 Å². The zero-order chi connectivity index (χ0) is 22.5. The Kier molecular flexibility index (Phi) is 6.81. The fourth-order valence-corrected chi connectivity index (χ4v) is 3.60. The number of likely N-dealkylation sites (N-methyl/N-ethyl adjacent to an activating group) is 1. The molecule has 0 saturated carbocycles. The van der Waals surface area contributed by atoms with Crippen molar-refractivity contribution < 1.29 is 19.1 Å². The Bertz CT molecular complexity index is 1100. The molecule has 2 heterocycles. The molecule has 162 valence electrons. The average molecular weight is 442 g/mol. The van der Waals surface area contributed by atoms with Gasteiger partial charge in [0.05, 0.1) is 12.7 Å². The van der Waals surface area contributed by atoms with Crippen LogP contribution < -0.4 is 5.32 Å². The van der Waals surface area contributed by atoms with Gasteiger partial charge >= 0.3 is 5.97 Å². The maximum Gasteiger partial charge on any atom is 0.358 e. The van der Waals surface area contributed by atoms with E-state index in [-0.39, 0.29) is 18.1 Å². The van der Waals surface area contributed by atoms with Crippen LogP contribution in [0, 0.1) is 13.8 Å². The van der Waals surface area contributed by atoms with Crippen LogP contribution in [-0.2, 0) is 21.4 Å². The lowest BCUT2D eigenvalue weighted by molar-refractivity contribution is -0.136. The summed E-state index contributed by atoms with van der Waals surface area (Å²) in [4.78, 5) is 42.2. The lowest BCUT2D eigenvalue weighted by Gasteiger charge is -2.18. The molecule has 31 heavy (non-hydrogen) atoms. The van der Waals surface area contributed by atoms with E-state index in [4.69, 9.17) is 4.74 Å². The minimum Gasteiger partial charge on any atom is -0.451 e. The van der Waals surface area contributed by atoms with Crippen LogP contribution in [-0.4, -0.2) is 57.6 Å². The third-order valence-corrected chi connectivity index (χ3v) is 5.44. The van der Waals surface area contributed by atoms with Gasteiger partial charge in [-0.1, -0.05) is 18.2 Å². The number of para-hydroxylation sites is 1. The third-order valence-electron chi connectivity index (χ3n) is 4.54. The van der Waals surface area contributed by atoms with Gasteiger partial charge in [0.2, 0.25) is 5.91 Å². The highest BCUT2D eigenvalue weighted by Crippen LogP contribution is 2.23. The van der Waals surface area contributed by atoms with Crippen molar-refractivity contribution in [3.8, 4) is 10.6 Å². The van der Waals surface area contributed by atoms with Crippen LogP contribution in [0.15, 0.2) is 36.0 Å². The topological polar surface area (TPSA) is 106 Å². The smallest absolute Gasteiger partial charge is 0.358 e. The first kappa shape index (κ1) is 22.2. The highest BCUT2D eigenvalue weighted by molar-refractivity contribution is 7.13. The van der Waals surface area contributed by atoms with Gasteiger partial charge in [-0.3, -0.25) is 14.3 Å². The SMILES string of the molecule is Cc1cccc(C)c1NC(=O)CN(C)C(=O)COC(=O)c1csc(-c2cnn(C)c2)n1. The standard InChI is InChI=1S/C21H23N5O4S/c1-13-6-5-7-14(2)19(13)24-17(27)10-25(3)18(28)11-30-21(29)16-12-31-20(23-16)15-8-22-26(4)9-15/h5-9,12H,10-11H2,1-4H3,(H,24,27). The number of amides is 2. The molecule has 10 heteroatoms. The molecule has 1 N–H and O–H groups in total. The molecule has 0 bridgehead atoms. The third kappa shape index (κ3) is 5.54. The molecular formula is C21H23N5O4S. The monoisotopic (exact) mass is 441 g/mol. The Balaban J connectivity index is 1.50. The Morgan fingerprint density at radius 2 is 1.94 bits per heavy atom. The number of anilines is 1. The summed E-state index contributed by atoms with van der Waals surface area (Å²) in [5.41, 5.74) is 3.51. The Hall–Kier alpha value is -3.53. The first-order valence-corrected chi connectivity index (χ1v) is 10.3. The summed E-state index contributed by atoms with van der Waals surface area (Å²) in [5, 5.41) is 9.09. The van der Waals surface area contributed by atoms with Crippen molar-refractivity contribution in [2.24, 2.45) is 7.05 Å². The summed E-state index contributed by atoms with van der Waals surface area (Å²) in [7, 11) is 3.26. The van der Waals surface area contributed by atoms with Gasteiger partial charge < -0.3 is 15.0 Å². The van der Waals surface area contributed by atoms with Crippen LogP contribution in [0.3, 0.4) is 0 Å². The number of carbonyl (C=O) groups is 3. The van der Waals surface area contributed by atoms with E-state index in [1.54, 1.807) is 29.5 Å². The van der Waals surface area contributed by atoms with Gasteiger partial charge in [-0.25, -0.2) is 9.78 Å². The minimum atomic E-state index is -0.701. The molecule has 2 aromatic heterocycles. The van der Waals surface area contributed by atoms with Crippen LogP contribution in [0.25, 0.3) is 10.6 Å². The first-order valence-electron chi connectivity index (χ1n) is 9.46. The second kappa shape index (κ2) is 9.52. The lowest BCUT2D eigenvalue weighted by Crippen LogP contribution is -2.37. The highest BCUT2D eigenvalue weighted by Gasteiger charge is 2.19. The van der Waals surface area contributed by atoms with E-state index in [1.807, 2.05) is 32.0 Å². The van der Waals surface area contributed by atoms with Crippen molar-refractivity contribution in [3.63, 3.8) is 0 Å². The van der Waals surface area contributed by atoms with Crippen molar-refractivity contribution >= 4 is 34.8 Å². The molecule has 0 radical (unpaired) electrons. The van der Waals surface area contributed by atoms with E-state index < -0.39 is 18.5 Å². The van der Waals surface area contributed by atoms with Gasteiger partial charge in [0.25, 0.3) is 5.91 Å². The number of esters is 1. The van der Waals surface area contributed by atoms with Crippen LogP contribution in [0.5, 0.6) is 0 Å². The second-order valence-electron chi connectivity index (χ2n) is 7.08. The van der Waals surface area contributed by atoms with Crippen molar-refractivity contribution in [1.29, 1.82) is 0 Å². The maximum atomic E-state index is 12.3. The van der Waals surface area contributed by atoms with E-state index in [0.717, 1.165) is 22.4 Å². The Morgan fingerprint density at radius 1 is 1.23 bits per heavy atom. The van der Waals surface area contributed by atoms with Crippen LogP contribution in [0.1, 0.15) is 21.6 Å². The van der Waals surface area contributed by atoms with E-state index >= 15 is 0 Å². The summed E-state index contributed by atoms with van der Waals surface area (Å²) >= 11 is 1.28. The average Bonchev–Trinajstić information content (AvgIpc) is 3.38. The largest absolute Gasteiger partial charge is 0.451 e. The summed E-state index contributed by atoms with van der Waals surface area (Å²) in [5.74, 6) is -1.53. The summed E-state index contributed by atoms with van der Waals surface area (Å²) in [6, 6.07) is 5.70. The van der Waals surface area contributed by atoms with Crippen molar-refractivity contribution in [3.05, 3.63) is 52.8 Å². The number of benzene rings is 1. The molecule has 0 unspecified atom stereocenters. The normalized spacial score (nSPS) is 10.6.